The summed E-state index contributed by atoms with van der Waals surface area (Å²) < 4.78 is 5.58. The van der Waals surface area contributed by atoms with Crippen molar-refractivity contribution in [3.8, 4) is 0 Å². The van der Waals surface area contributed by atoms with E-state index in [2.05, 4.69) is 4.98 Å². The molecule has 1 aromatic carbocycles. The van der Waals surface area contributed by atoms with E-state index >= 15 is 0 Å². The predicted molar refractivity (Wildman–Crippen MR) is 80.3 cm³/mol. The largest absolute Gasteiger partial charge is 0.478 e. The maximum atomic E-state index is 12.6. The molecule has 6 heteroatoms. The van der Waals surface area contributed by atoms with E-state index in [-0.39, 0.29) is 11.7 Å². The first-order valence-electron chi connectivity index (χ1n) is 7.72. The Kier molecular flexibility index (Phi) is 3.18. The van der Waals surface area contributed by atoms with Crippen molar-refractivity contribution in [3.05, 3.63) is 52.7 Å². The summed E-state index contributed by atoms with van der Waals surface area (Å²) in [6, 6.07) is 5.20. The molecule has 2 aliphatic rings. The van der Waals surface area contributed by atoms with Crippen LogP contribution in [-0.4, -0.2) is 33.4 Å². The Morgan fingerprint density at radius 1 is 1.30 bits per heavy atom. The van der Waals surface area contributed by atoms with Crippen molar-refractivity contribution < 1.29 is 19.1 Å². The average Bonchev–Trinajstić information content (AvgIpc) is 3.30. The summed E-state index contributed by atoms with van der Waals surface area (Å²) in [5.41, 5.74) is 2.03. The van der Waals surface area contributed by atoms with Crippen LogP contribution in [-0.2, 0) is 13.0 Å². The Balaban J connectivity index is 1.56. The zero-order valence-electron chi connectivity index (χ0n) is 12.5. The molecular weight excluding hydrogens is 296 g/mol. The quantitative estimate of drug-likeness (QED) is 0.941. The van der Waals surface area contributed by atoms with Crippen molar-refractivity contribution in [1.82, 2.24) is 9.88 Å². The van der Waals surface area contributed by atoms with E-state index in [9.17, 15) is 14.7 Å². The minimum atomic E-state index is -0.925. The molecule has 1 aliphatic carbocycles. The Labute approximate surface area is 132 Å². The minimum absolute atomic E-state index is 0.184. The lowest BCUT2D eigenvalue weighted by molar-refractivity contribution is 0.0690. The molecule has 1 fully saturated rings. The number of aromatic carboxylic acids is 1. The molecule has 0 bridgehead atoms. The molecule has 0 unspecified atom stereocenters. The third-order valence-electron chi connectivity index (χ3n) is 4.44. The van der Waals surface area contributed by atoms with Gasteiger partial charge in [-0.05, 0) is 36.5 Å². The molecule has 1 N–H and O–H groups in total. The third-order valence-corrected chi connectivity index (χ3v) is 4.44. The number of oxazole rings is 1. The van der Waals surface area contributed by atoms with Crippen LogP contribution < -0.4 is 0 Å². The van der Waals surface area contributed by atoms with Gasteiger partial charge in [0.15, 0.2) is 5.89 Å². The zero-order chi connectivity index (χ0) is 16.0. The molecule has 6 nitrogen and oxygen atoms in total. The molecule has 118 valence electrons. The number of aromatic nitrogens is 1. The topological polar surface area (TPSA) is 83.6 Å². The third kappa shape index (κ3) is 2.50. The standard InChI is InChI=1S/C17H16N2O4/c20-16(14-8-18-15(23-14)10-4-5-10)19-7-6-12-11(9-19)2-1-3-13(12)17(21)22/h1-3,8,10H,4-7,9H2,(H,21,22). The number of carboxylic acids is 1. The van der Waals surface area contributed by atoms with Gasteiger partial charge in [-0.2, -0.15) is 0 Å². The second-order valence-electron chi connectivity index (χ2n) is 6.06. The molecular formula is C17H16N2O4. The molecule has 1 aromatic heterocycles. The van der Waals surface area contributed by atoms with Gasteiger partial charge in [0, 0.05) is 19.0 Å². The Hall–Kier alpha value is -2.63. The van der Waals surface area contributed by atoms with Crippen molar-refractivity contribution in [3.63, 3.8) is 0 Å². The van der Waals surface area contributed by atoms with E-state index in [0.29, 0.717) is 36.9 Å². The van der Waals surface area contributed by atoms with Crippen LogP contribution in [0.25, 0.3) is 0 Å². The fraction of sp³-hybridized carbons (Fsp3) is 0.353. The van der Waals surface area contributed by atoms with Gasteiger partial charge < -0.3 is 14.4 Å². The Morgan fingerprint density at radius 3 is 2.87 bits per heavy atom. The fourth-order valence-corrected chi connectivity index (χ4v) is 3.04. The fourth-order valence-electron chi connectivity index (χ4n) is 3.04. The number of fused-ring (bicyclic) bond motifs is 1. The lowest BCUT2D eigenvalue weighted by atomic mass is 9.94. The summed E-state index contributed by atoms with van der Waals surface area (Å²) in [6.45, 7) is 0.879. The van der Waals surface area contributed by atoms with Crippen LogP contribution >= 0.6 is 0 Å². The first-order valence-corrected chi connectivity index (χ1v) is 7.72. The number of hydrogen-bond acceptors (Lipinski definition) is 4. The molecule has 0 atom stereocenters. The van der Waals surface area contributed by atoms with Gasteiger partial charge in [-0.15, -0.1) is 0 Å². The van der Waals surface area contributed by atoms with Crippen LogP contribution in [0.4, 0.5) is 0 Å². The van der Waals surface area contributed by atoms with Gasteiger partial charge in [-0.1, -0.05) is 12.1 Å². The molecule has 0 radical (unpaired) electrons. The van der Waals surface area contributed by atoms with Crippen molar-refractivity contribution in [2.45, 2.75) is 31.7 Å². The zero-order valence-corrected chi connectivity index (χ0v) is 12.5. The van der Waals surface area contributed by atoms with Gasteiger partial charge >= 0.3 is 5.97 Å². The maximum absolute atomic E-state index is 12.6. The van der Waals surface area contributed by atoms with Gasteiger partial charge in [-0.3, -0.25) is 4.79 Å². The molecule has 4 rings (SSSR count). The molecule has 23 heavy (non-hydrogen) atoms. The van der Waals surface area contributed by atoms with E-state index in [1.165, 1.54) is 6.20 Å². The summed E-state index contributed by atoms with van der Waals surface area (Å²) in [6.07, 6.45) is 4.18. The van der Waals surface area contributed by atoms with E-state index in [4.69, 9.17) is 4.42 Å². The summed E-state index contributed by atoms with van der Waals surface area (Å²) >= 11 is 0. The highest BCUT2D eigenvalue weighted by Crippen LogP contribution is 2.39. The van der Waals surface area contributed by atoms with Crippen molar-refractivity contribution in [2.24, 2.45) is 0 Å². The normalized spacial score (nSPS) is 17.0. The van der Waals surface area contributed by atoms with Crippen molar-refractivity contribution in [2.75, 3.05) is 6.54 Å². The lowest BCUT2D eigenvalue weighted by Crippen LogP contribution is -2.36. The van der Waals surface area contributed by atoms with Crippen LogP contribution in [0.3, 0.4) is 0 Å². The van der Waals surface area contributed by atoms with Crippen LogP contribution in [0.2, 0.25) is 0 Å². The van der Waals surface area contributed by atoms with Gasteiger partial charge in [0.1, 0.15) is 0 Å². The molecule has 1 aliphatic heterocycles. The van der Waals surface area contributed by atoms with E-state index in [0.717, 1.165) is 24.0 Å². The molecule has 0 spiro atoms. The van der Waals surface area contributed by atoms with E-state index in [1.54, 1.807) is 17.0 Å². The van der Waals surface area contributed by atoms with Gasteiger partial charge in [0.05, 0.1) is 11.8 Å². The lowest BCUT2D eigenvalue weighted by Gasteiger charge is -2.28. The number of benzene rings is 1. The first-order chi connectivity index (χ1) is 11.1. The smallest absolute Gasteiger partial charge is 0.335 e. The number of carboxylic acid groups (broad SMARTS) is 1. The monoisotopic (exact) mass is 312 g/mol. The van der Waals surface area contributed by atoms with Gasteiger partial charge in [0.2, 0.25) is 5.76 Å². The highest BCUT2D eigenvalue weighted by molar-refractivity contribution is 5.92. The van der Waals surface area contributed by atoms with Crippen LogP contribution in [0, 0.1) is 0 Å². The summed E-state index contributed by atoms with van der Waals surface area (Å²) in [5, 5.41) is 9.25. The maximum Gasteiger partial charge on any atom is 0.335 e. The van der Waals surface area contributed by atoms with Gasteiger partial charge in [0.25, 0.3) is 5.91 Å². The number of amides is 1. The second kappa shape index (κ2) is 5.22. The predicted octanol–water partition coefficient (Wildman–Crippen LogP) is 2.45. The number of nitrogens with zero attached hydrogens (tertiary/aromatic N) is 2. The molecule has 1 amide bonds. The summed E-state index contributed by atoms with van der Waals surface area (Å²) in [7, 11) is 0. The number of hydrogen-bond donors (Lipinski definition) is 1. The molecule has 2 heterocycles. The average molecular weight is 312 g/mol. The Morgan fingerprint density at radius 2 is 2.13 bits per heavy atom. The summed E-state index contributed by atoms with van der Waals surface area (Å²) in [4.78, 5) is 29.7. The summed E-state index contributed by atoms with van der Waals surface area (Å²) in [5.74, 6) is 0.183. The van der Waals surface area contributed by atoms with Crippen LogP contribution in [0.1, 0.15) is 56.7 Å². The second-order valence-corrected chi connectivity index (χ2v) is 6.06. The van der Waals surface area contributed by atoms with Crippen molar-refractivity contribution >= 4 is 11.9 Å². The van der Waals surface area contributed by atoms with Crippen LogP contribution in [0.15, 0.2) is 28.8 Å². The molecule has 0 saturated heterocycles. The van der Waals surface area contributed by atoms with Crippen molar-refractivity contribution in [1.29, 1.82) is 0 Å². The van der Waals surface area contributed by atoms with E-state index < -0.39 is 5.97 Å². The highest BCUT2D eigenvalue weighted by atomic mass is 16.4. The number of carbonyl (C=O) groups excluding carboxylic acids is 1. The number of rotatable bonds is 3. The molecule has 1 saturated carbocycles. The van der Waals surface area contributed by atoms with E-state index in [1.807, 2.05) is 6.07 Å². The minimum Gasteiger partial charge on any atom is -0.478 e. The van der Waals surface area contributed by atoms with Gasteiger partial charge in [-0.25, -0.2) is 9.78 Å². The first kappa shape index (κ1) is 14.0. The SMILES string of the molecule is O=C(O)c1cccc2c1CCN(C(=O)c1cnc(C3CC3)o1)C2. The molecule has 2 aromatic rings. The highest BCUT2D eigenvalue weighted by Gasteiger charge is 2.31. The number of carbonyl (C=O) groups is 2. The van der Waals surface area contributed by atoms with Crippen LogP contribution in [0.5, 0.6) is 0 Å². The Bertz CT molecular complexity index is 792.